The fraction of sp³-hybridized carbons (Fsp3) is 0.222. The number of amides is 2. The topological polar surface area (TPSA) is 71.0 Å². The molecule has 25 heavy (non-hydrogen) atoms. The Bertz CT molecular complexity index is 796. The summed E-state index contributed by atoms with van der Waals surface area (Å²) in [5.74, 6) is -0.232. The zero-order valence-electron chi connectivity index (χ0n) is 13.6. The first-order valence-electron chi connectivity index (χ1n) is 7.77. The predicted molar refractivity (Wildman–Crippen MR) is 98.4 cm³/mol. The molecule has 2 aliphatic rings. The number of nitrogens with one attached hydrogen (secondary N) is 1. The van der Waals surface area contributed by atoms with Crippen LogP contribution in [-0.4, -0.2) is 41.2 Å². The van der Waals surface area contributed by atoms with E-state index in [1.165, 1.54) is 4.90 Å². The summed E-state index contributed by atoms with van der Waals surface area (Å²) in [6.45, 7) is 0.219. The minimum Gasteiger partial charge on any atom is -0.497 e. The number of allylic oxidation sites excluding steroid dienone is 3. The van der Waals surface area contributed by atoms with Crippen LogP contribution in [0.25, 0.3) is 0 Å². The van der Waals surface area contributed by atoms with Gasteiger partial charge in [0.1, 0.15) is 12.3 Å². The summed E-state index contributed by atoms with van der Waals surface area (Å²) in [6, 6.07) is 7.38. The van der Waals surface area contributed by atoms with Crippen molar-refractivity contribution in [3.63, 3.8) is 0 Å². The summed E-state index contributed by atoms with van der Waals surface area (Å²) in [5.41, 5.74) is 1.55. The van der Waals surface area contributed by atoms with Gasteiger partial charge in [-0.3, -0.25) is 14.5 Å². The van der Waals surface area contributed by atoms with Gasteiger partial charge in [-0.05, 0) is 36.0 Å². The molecule has 2 amide bonds. The minimum absolute atomic E-state index is 0.121. The molecule has 1 heterocycles. The second kappa shape index (κ2) is 7.40. The maximum Gasteiger partial charge on any atom is 0.242 e. The molecule has 0 fully saturated rings. The molecule has 0 spiro atoms. The Balaban J connectivity index is 1.59. The van der Waals surface area contributed by atoms with Gasteiger partial charge in [0.2, 0.25) is 16.9 Å². The highest BCUT2D eigenvalue weighted by atomic mass is 32.1. The SMILES string of the molecule is COc1ccc(CNC(=O)CN2C(=O)C3C=CC=CC3=NC2=S)cc1. The van der Waals surface area contributed by atoms with Crippen LogP contribution in [0.2, 0.25) is 0 Å². The van der Waals surface area contributed by atoms with Crippen LogP contribution in [0, 0.1) is 5.92 Å². The molecule has 128 valence electrons. The molecule has 0 aromatic heterocycles. The van der Waals surface area contributed by atoms with Crippen LogP contribution in [0.1, 0.15) is 5.56 Å². The van der Waals surface area contributed by atoms with Crippen molar-refractivity contribution in [1.82, 2.24) is 10.2 Å². The van der Waals surface area contributed by atoms with Crippen LogP contribution < -0.4 is 10.1 Å². The van der Waals surface area contributed by atoms with Crippen molar-refractivity contribution in [3.8, 4) is 5.75 Å². The fourth-order valence-electron chi connectivity index (χ4n) is 2.57. The molecular formula is C18H17N3O3S. The van der Waals surface area contributed by atoms with Crippen LogP contribution in [0.4, 0.5) is 0 Å². The van der Waals surface area contributed by atoms with E-state index in [-0.39, 0.29) is 23.5 Å². The van der Waals surface area contributed by atoms with Crippen LogP contribution in [0.15, 0.2) is 53.6 Å². The van der Waals surface area contributed by atoms with Crippen molar-refractivity contribution in [3.05, 3.63) is 54.1 Å². The Morgan fingerprint density at radius 2 is 2.08 bits per heavy atom. The Hall–Kier alpha value is -2.80. The van der Waals surface area contributed by atoms with Crippen molar-refractivity contribution < 1.29 is 14.3 Å². The first-order chi connectivity index (χ1) is 12.1. The third-order valence-corrected chi connectivity index (χ3v) is 4.25. The van der Waals surface area contributed by atoms with Crippen LogP contribution in [-0.2, 0) is 16.1 Å². The number of fused-ring (bicyclic) bond motifs is 1. The molecule has 0 radical (unpaired) electrons. The number of carbonyl (C=O) groups excluding carboxylic acids is 2. The standard InChI is InChI=1S/C18H17N3O3S/c1-24-13-8-6-12(7-9-13)10-19-16(22)11-21-17(23)14-4-2-3-5-15(14)20-18(21)25/h2-9,14H,10-11H2,1H3,(H,19,22). The number of hydrogen-bond acceptors (Lipinski definition) is 4. The van der Waals surface area contributed by atoms with E-state index < -0.39 is 5.92 Å². The van der Waals surface area contributed by atoms with E-state index in [2.05, 4.69) is 10.3 Å². The number of ether oxygens (including phenoxy) is 1. The quantitative estimate of drug-likeness (QED) is 0.815. The van der Waals surface area contributed by atoms with Gasteiger partial charge >= 0.3 is 0 Å². The van der Waals surface area contributed by atoms with E-state index in [4.69, 9.17) is 17.0 Å². The summed E-state index contributed by atoms with van der Waals surface area (Å²) >= 11 is 5.16. The number of methoxy groups -OCH3 is 1. The molecule has 0 bridgehead atoms. The molecular weight excluding hydrogens is 338 g/mol. The lowest BCUT2D eigenvalue weighted by Crippen LogP contribution is -2.49. The smallest absolute Gasteiger partial charge is 0.242 e. The third-order valence-electron chi connectivity index (χ3n) is 3.94. The number of thiocarbonyl (C=S) groups is 1. The normalized spacial score (nSPS) is 18.7. The summed E-state index contributed by atoms with van der Waals surface area (Å²) in [4.78, 5) is 30.2. The zero-order valence-corrected chi connectivity index (χ0v) is 14.5. The Kier molecular flexibility index (Phi) is 5.04. The predicted octanol–water partition coefficient (Wildman–Crippen LogP) is 1.62. The molecule has 1 N–H and O–H groups in total. The molecule has 1 atom stereocenters. The molecule has 1 aromatic rings. The lowest BCUT2D eigenvalue weighted by atomic mass is 9.95. The number of aliphatic imine (C=N–C) groups is 1. The fourth-order valence-corrected chi connectivity index (χ4v) is 2.83. The van der Waals surface area contributed by atoms with Gasteiger partial charge in [0, 0.05) is 6.54 Å². The van der Waals surface area contributed by atoms with Gasteiger partial charge in [0.15, 0.2) is 0 Å². The average molecular weight is 355 g/mol. The van der Waals surface area contributed by atoms with Crippen LogP contribution in [0.3, 0.4) is 0 Å². The number of nitrogens with zero attached hydrogens (tertiary/aromatic N) is 2. The lowest BCUT2D eigenvalue weighted by Gasteiger charge is -2.29. The summed E-state index contributed by atoms with van der Waals surface area (Å²) in [5, 5.41) is 2.90. The Labute approximate surface area is 150 Å². The van der Waals surface area contributed by atoms with Gasteiger partial charge < -0.3 is 10.1 Å². The lowest BCUT2D eigenvalue weighted by molar-refractivity contribution is -0.133. The second-order valence-electron chi connectivity index (χ2n) is 5.59. The minimum atomic E-state index is -0.467. The zero-order chi connectivity index (χ0) is 17.8. The molecule has 1 aromatic carbocycles. The third kappa shape index (κ3) is 3.83. The summed E-state index contributed by atoms with van der Waals surface area (Å²) in [7, 11) is 1.60. The maximum atomic E-state index is 12.5. The number of rotatable bonds is 5. The number of hydrogen-bond donors (Lipinski definition) is 1. The van der Waals surface area contributed by atoms with Gasteiger partial charge in [0.25, 0.3) is 0 Å². The van der Waals surface area contributed by atoms with Crippen molar-refractivity contribution in [2.75, 3.05) is 13.7 Å². The highest BCUT2D eigenvalue weighted by Gasteiger charge is 2.34. The first-order valence-corrected chi connectivity index (χ1v) is 8.18. The molecule has 7 heteroatoms. The molecule has 1 aliphatic heterocycles. The first kappa shape index (κ1) is 17.0. The van der Waals surface area contributed by atoms with Crippen molar-refractivity contribution in [2.45, 2.75) is 6.54 Å². The monoisotopic (exact) mass is 355 g/mol. The molecule has 3 rings (SSSR count). The summed E-state index contributed by atoms with van der Waals surface area (Å²) in [6.07, 6.45) is 7.11. The highest BCUT2D eigenvalue weighted by molar-refractivity contribution is 7.80. The molecule has 0 saturated heterocycles. The maximum absolute atomic E-state index is 12.5. The van der Waals surface area contributed by atoms with Gasteiger partial charge in [-0.2, -0.15) is 0 Å². The molecule has 1 unspecified atom stereocenters. The van der Waals surface area contributed by atoms with E-state index in [1.54, 1.807) is 25.3 Å². The van der Waals surface area contributed by atoms with E-state index >= 15 is 0 Å². The van der Waals surface area contributed by atoms with Crippen LogP contribution >= 0.6 is 12.2 Å². The van der Waals surface area contributed by atoms with Gasteiger partial charge in [-0.15, -0.1) is 0 Å². The Morgan fingerprint density at radius 3 is 2.80 bits per heavy atom. The Morgan fingerprint density at radius 1 is 1.32 bits per heavy atom. The van der Waals surface area contributed by atoms with Gasteiger partial charge in [-0.25, -0.2) is 4.99 Å². The van der Waals surface area contributed by atoms with Gasteiger partial charge in [-0.1, -0.05) is 30.4 Å². The van der Waals surface area contributed by atoms with Crippen molar-refractivity contribution in [2.24, 2.45) is 10.9 Å². The molecule has 0 saturated carbocycles. The number of benzene rings is 1. The van der Waals surface area contributed by atoms with E-state index in [1.807, 2.05) is 30.3 Å². The second-order valence-corrected chi connectivity index (χ2v) is 5.96. The molecule has 1 aliphatic carbocycles. The highest BCUT2D eigenvalue weighted by Crippen LogP contribution is 2.19. The largest absolute Gasteiger partial charge is 0.497 e. The van der Waals surface area contributed by atoms with E-state index in [0.29, 0.717) is 12.3 Å². The van der Waals surface area contributed by atoms with E-state index in [9.17, 15) is 9.59 Å². The number of carbonyl (C=O) groups is 2. The molecule has 6 nitrogen and oxygen atoms in total. The van der Waals surface area contributed by atoms with Crippen molar-refractivity contribution in [1.29, 1.82) is 0 Å². The average Bonchev–Trinajstić information content (AvgIpc) is 2.64. The van der Waals surface area contributed by atoms with Gasteiger partial charge in [0.05, 0.1) is 18.7 Å². The van der Waals surface area contributed by atoms with E-state index in [0.717, 1.165) is 11.3 Å². The van der Waals surface area contributed by atoms with Crippen molar-refractivity contribution >= 4 is 34.9 Å². The summed E-state index contributed by atoms with van der Waals surface area (Å²) < 4.78 is 5.09. The van der Waals surface area contributed by atoms with Crippen LogP contribution in [0.5, 0.6) is 5.75 Å².